The van der Waals surface area contributed by atoms with Crippen LogP contribution in [0.25, 0.3) is 0 Å². The monoisotopic (exact) mass is 1070 g/mol. The van der Waals surface area contributed by atoms with Crippen LogP contribution in [0.3, 0.4) is 0 Å². The molecule has 0 unspecified atom stereocenters. The minimum atomic E-state index is 0. The van der Waals surface area contributed by atoms with Crippen LogP contribution in [-0.4, -0.2) is 0 Å². The first-order valence-corrected chi connectivity index (χ1v) is 1.50. The van der Waals surface area contributed by atoms with Gasteiger partial charge in [-0.2, -0.15) is 0 Å². The molecule has 0 fully saturated rings. The molecule has 0 N–H and O–H groups in total. The van der Waals surface area contributed by atoms with E-state index >= 15 is 0 Å². The van der Waals surface area contributed by atoms with Crippen molar-refractivity contribution in [3.8, 4) is 0 Å². The molecule has 3 radical (unpaired) electrons. The third kappa shape index (κ3) is 73.0. The maximum Gasteiger partial charge on any atom is 0 e. The van der Waals surface area contributed by atoms with E-state index in [1.54, 1.807) is 0 Å². The Labute approximate surface area is 211 Å². The Hall–Kier alpha value is 6.06. The number of rotatable bonds is 1. The van der Waals surface area contributed by atoms with Crippen LogP contribution >= 0.6 is 0 Å². The van der Waals surface area contributed by atoms with E-state index in [-0.39, 0.29) is 190 Å². The molecule has 0 bridgehead atoms. The first-order valence-electron chi connectivity index (χ1n) is 1.50. The van der Waals surface area contributed by atoms with E-state index in [4.69, 9.17) is 0 Å². The summed E-state index contributed by atoms with van der Waals surface area (Å²) in [6.45, 7) is 7.08. The van der Waals surface area contributed by atoms with E-state index in [0.29, 0.717) is 0 Å². The third-order valence-corrected chi connectivity index (χ3v) is 0.250. The molecule has 7 heteroatoms. The molecule has 0 rings (SSSR count). The summed E-state index contributed by atoms with van der Waals surface area (Å²) < 4.78 is 0. The molecule has 0 aromatic carbocycles. The Morgan fingerprint density at radius 1 is 0.583 bits per heavy atom. The second-order valence-corrected chi connectivity index (χ2v) is 0.707. The smallest absolute Gasteiger partial charge is 0 e. The van der Waals surface area contributed by atoms with E-state index in [1.807, 2.05) is 0 Å². The molecule has 67 valence electrons. The SMILES string of the molecule is [CH2-]CC[CH2-].[CH3-].[W].[W].[W].[W].[Y].[Y].[Y]. The second kappa shape index (κ2) is 67.7. The fraction of sp³-hybridized carbons (Fsp3) is 0.400. The minimum absolute atomic E-state index is 0. The van der Waals surface area contributed by atoms with Crippen LogP contribution in [0.5, 0.6) is 0 Å². The summed E-state index contributed by atoms with van der Waals surface area (Å²) in [5.41, 5.74) is 0. The molecule has 0 saturated carbocycles. The molecule has 0 heterocycles. The van der Waals surface area contributed by atoms with Crippen LogP contribution in [0.1, 0.15) is 12.8 Å². The maximum atomic E-state index is 3.54. The molecule has 0 nitrogen and oxygen atoms in total. The van der Waals surface area contributed by atoms with Gasteiger partial charge in [-0.3, -0.25) is 0 Å². The predicted octanol–water partition coefficient (Wildman–Crippen LogP) is 1.87. The van der Waals surface area contributed by atoms with Crippen molar-refractivity contribution in [1.82, 2.24) is 0 Å². The van der Waals surface area contributed by atoms with Crippen LogP contribution in [0.15, 0.2) is 0 Å². The summed E-state index contributed by atoms with van der Waals surface area (Å²) in [5, 5.41) is 0. The summed E-state index contributed by atoms with van der Waals surface area (Å²) in [4.78, 5) is 0. The first kappa shape index (κ1) is 64.0. The molecule has 0 saturated heterocycles. The van der Waals surface area contributed by atoms with Crippen LogP contribution in [0.2, 0.25) is 0 Å². The Kier molecular flexibility index (Phi) is 361. The zero-order valence-corrected chi connectivity index (χ0v) is 27.4. The van der Waals surface area contributed by atoms with Gasteiger partial charge < -0.3 is 21.3 Å². The zero-order chi connectivity index (χ0) is 3.41. The van der Waals surface area contributed by atoms with Gasteiger partial charge in [0.1, 0.15) is 0 Å². The Morgan fingerprint density at radius 3 is 0.667 bits per heavy atom. The molecule has 12 heavy (non-hydrogen) atoms. The normalized spacial score (nSPS) is 2.50. The van der Waals surface area contributed by atoms with Gasteiger partial charge in [0, 0.05) is 182 Å². The second-order valence-electron chi connectivity index (χ2n) is 0.707. The Morgan fingerprint density at radius 2 is 0.667 bits per heavy atom. The quantitative estimate of drug-likeness (QED) is 0.353. The van der Waals surface area contributed by atoms with Gasteiger partial charge >= 0.3 is 0 Å². The van der Waals surface area contributed by atoms with Crippen molar-refractivity contribution in [3.63, 3.8) is 0 Å². The van der Waals surface area contributed by atoms with E-state index in [1.165, 1.54) is 0 Å². The fourth-order valence-electron chi connectivity index (χ4n) is 0. The van der Waals surface area contributed by atoms with Crippen molar-refractivity contribution >= 4 is 0 Å². The molecule has 0 aliphatic rings. The number of hydrogen-bond acceptors (Lipinski definition) is 0. The first-order chi connectivity index (χ1) is 1.91. The summed E-state index contributed by atoms with van der Waals surface area (Å²) in [6, 6.07) is 0. The summed E-state index contributed by atoms with van der Waals surface area (Å²) in [7, 11) is 0. The van der Waals surface area contributed by atoms with Crippen molar-refractivity contribution < 1.29 is 182 Å². The number of hydrogen-bond donors (Lipinski definition) is 0. The van der Waals surface area contributed by atoms with Crippen LogP contribution in [-0.2, 0) is 182 Å². The molecule has 0 aromatic heterocycles. The average molecular weight is 1070 g/mol. The molecule has 0 aliphatic carbocycles. The van der Waals surface area contributed by atoms with Gasteiger partial charge in [-0.25, -0.2) is 12.8 Å². The Bertz CT molecular complexity index is 20.7. The Balaban J connectivity index is -0.00000000161. The molecule has 0 spiro atoms. The van der Waals surface area contributed by atoms with Crippen molar-refractivity contribution in [2.45, 2.75) is 12.8 Å². The molecule has 0 atom stereocenters. The predicted molar refractivity (Wildman–Crippen MR) is 26.4 cm³/mol. The van der Waals surface area contributed by atoms with Crippen LogP contribution in [0.4, 0.5) is 0 Å². The van der Waals surface area contributed by atoms with Crippen molar-refractivity contribution in [2.24, 2.45) is 0 Å². The fourth-order valence-corrected chi connectivity index (χ4v) is 0. The molecule has 0 amide bonds. The standard InChI is InChI=1S/C4H8.CH3.4W.3Y/c1-3-4-2;;;;;;;;/h1-4H2;1H3;;;;;;;/q-2;-1;;;;;;;. The van der Waals surface area contributed by atoms with E-state index in [2.05, 4.69) is 13.8 Å². The van der Waals surface area contributed by atoms with Crippen molar-refractivity contribution in [1.29, 1.82) is 0 Å². The maximum absolute atomic E-state index is 3.54. The zero-order valence-electron chi connectivity index (χ0n) is 7.19. The number of unbranched alkanes of at least 4 members (excludes halogenated alkanes) is 1. The van der Waals surface area contributed by atoms with Gasteiger partial charge in [0.05, 0.1) is 0 Å². The molecule has 0 aliphatic heterocycles. The van der Waals surface area contributed by atoms with Crippen LogP contribution < -0.4 is 0 Å². The molecular formula is C5H11W4Y3-3. The van der Waals surface area contributed by atoms with Gasteiger partial charge in [-0.1, -0.05) is 0 Å². The van der Waals surface area contributed by atoms with Gasteiger partial charge in [0.2, 0.25) is 0 Å². The van der Waals surface area contributed by atoms with Gasteiger partial charge in [0.15, 0.2) is 0 Å². The minimum Gasteiger partial charge on any atom is -0.358 e. The largest absolute Gasteiger partial charge is 0.358 e. The summed E-state index contributed by atoms with van der Waals surface area (Å²) in [6.07, 6.45) is 1.92. The van der Waals surface area contributed by atoms with Crippen LogP contribution in [0, 0.1) is 21.3 Å². The third-order valence-electron chi connectivity index (χ3n) is 0.250. The van der Waals surface area contributed by atoms with E-state index < -0.39 is 0 Å². The topological polar surface area (TPSA) is 0 Å². The van der Waals surface area contributed by atoms with Gasteiger partial charge in [-0.15, -0.1) is 0 Å². The van der Waals surface area contributed by atoms with E-state index in [0.717, 1.165) is 12.8 Å². The van der Waals surface area contributed by atoms with Crippen molar-refractivity contribution in [3.05, 3.63) is 21.3 Å². The van der Waals surface area contributed by atoms with E-state index in [9.17, 15) is 0 Å². The van der Waals surface area contributed by atoms with Gasteiger partial charge in [-0.05, 0) is 0 Å². The van der Waals surface area contributed by atoms with Gasteiger partial charge in [0.25, 0.3) is 0 Å². The molecular weight excluding hydrogens is 1060 g/mol. The molecule has 0 aromatic rings. The average Bonchev–Trinajstić information content (AvgIpc) is 1.37. The summed E-state index contributed by atoms with van der Waals surface area (Å²) in [5.74, 6) is 0. The van der Waals surface area contributed by atoms with Crippen molar-refractivity contribution in [2.75, 3.05) is 0 Å². The summed E-state index contributed by atoms with van der Waals surface area (Å²) >= 11 is 0.